The molecule has 3 aromatic heterocycles. The van der Waals surface area contributed by atoms with E-state index in [2.05, 4.69) is 25.6 Å². The van der Waals surface area contributed by atoms with Crippen LogP contribution in [-0.4, -0.2) is 54.6 Å². The number of benzene rings is 1. The van der Waals surface area contributed by atoms with Crippen LogP contribution in [0.4, 0.5) is 23.1 Å². The summed E-state index contributed by atoms with van der Waals surface area (Å²) >= 11 is 0. The van der Waals surface area contributed by atoms with Gasteiger partial charge in [-0.05, 0) is 55.1 Å². The molecule has 4 heterocycles. The SMILES string of the molecule is CCn1ccc2cc(Nc3cnccn3)nc(Nc3ccc(C(=O)N4CCC(O)C4)cc3)c2c1=O. The summed E-state index contributed by atoms with van der Waals surface area (Å²) < 4.78 is 1.62. The topological polar surface area (TPSA) is 125 Å². The van der Waals surface area contributed by atoms with E-state index >= 15 is 0 Å². The van der Waals surface area contributed by atoms with Crippen molar-refractivity contribution in [3.63, 3.8) is 0 Å². The lowest BCUT2D eigenvalue weighted by Gasteiger charge is -2.16. The molecule has 1 aliphatic heterocycles. The Kier molecular flexibility index (Phi) is 6.11. The van der Waals surface area contributed by atoms with Crippen LogP contribution in [-0.2, 0) is 6.54 Å². The number of nitrogens with one attached hydrogen (secondary N) is 2. The Bertz CT molecular complexity index is 1420. The van der Waals surface area contributed by atoms with Crippen molar-refractivity contribution in [1.29, 1.82) is 0 Å². The summed E-state index contributed by atoms with van der Waals surface area (Å²) in [5.41, 5.74) is 1.07. The van der Waals surface area contributed by atoms with Crippen molar-refractivity contribution in [2.24, 2.45) is 0 Å². The Hall–Kier alpha value is -4.31. The average molecular weight is 472 g/mol. The summed E-state index contributed by atoms with van der Waals surface area (Å²) in [6.07, 6.45) is 6.64. The molecule has 0 spiro atoms. The van der Waals surface area contributed by atoms with Gasteiger partial charge in [-0.1, -0.05) is 0 Å². The molecule has 0 bridgehead atoms. The van der Waals surface area contributed by atoms with Crippen LogP contribution in [0.25, 0.3) is 10.8 Å². The summed E-state index contributed by atoms with van der Waals surface area (Å²) in [6.45, 7) is 3.35. The Morgan fingerprint density at radius 1 is 1.14 bits per heavy atom. The highest BCUT2D eigenvalue weighted by molar-refractivity contribution is 5.96. The van der Waals surface area contributed by atoms with Gasteiger partial charge in [0, 0.05) is 49.5 Å². The van der Waals surface area contributed by atoms with E-state index in [9.17, 15) is 14.7 Å². The van der Waals surface area contributed by atoms with Crippen LogP contribution < -0.4 is 16.2 Å². The predicted molar refractivity (Wildman–Crippen MR) is 133 cm³/mol. The van der Waals surface area contributed by atoms with Gasteiger partial charge in [0.25, 0.3) is 11.5 Å². The van der Waals surface area contributed by atoms with Crippen LogP contribution in [0.1, 0.15) is 23.7 Å². The zero-order valence-electron chi connectivity index (χ0n) is 19.2. The number of hydrogen-bond donors (Lipinski definition) is 3. The van der Waals surface area contributed by atoms with Gasteiger partial charge in [0.05, 0.1) is 17.7 Å². The van der Waals surface area contributed by atoms with E-state index in [1.807, 2.05) is 13.0 Å². The molecular formula is C25H25N7O3. The first-order chi connectivity index (χ1) is 17.0. The van der Waals surface area contributed by atoms with Crippen LogP contribution in [0.3, 0.4) is 0 Å². The van der Waals surface area contributed by atoms with E-state index in [0.29, 0.717) is 60.1 Å². The van der Waals surface area contributed by atoms with Crippen LogP contribution in [0.15, 0.2) is 66.0 Å². The van der Waals surface area contributed by atoms with Gasteiger partial charge in [-0.2, -0.15) is 0 Å². The lowest BCUT2D eigenvalue weighted by molar-refractivity contribution is 0.0765. The van der Waals surface area contributed by atoms with Gasteiger partial charge >= 0.3 is 0 Å². The van der Waals surface area contributed by atoms with Crippen LogP contribution in [0, 0.1) is 0 Å². The lowest BCUT2D eigenvalue weighted by atomic mass is 10.1. The molecule has 5 rings (SSSR count). The zero-order valence-corrected chi connectivity index (χ0v) is 19.2. The number of pyridine rings is 2. The number of aliphatic hydroxyl groups excluding tert-OH is 1. The fourth-order valence-electron chi connectivity index (χ4n) is 4.14. The van der Waals surface area contributed by atoms with Crippen LogP contribution in [0.5, 0.6) is 0 Å². The number of carbonyl (C=O) groups excluding carboxylic acids is 1. The van der Waals surface area contributed by atoms with Crippen molar-refractivity contribution in [2.75, 3.05) is 23.7 Å². The van der Waals surface area contributed by atoms with E-state index in [1.54, 1.807) is 64.6 Å². The van der Waals surface area contributed by atoms with E-state index in [4.69, 9.17) is 0 Å². The molecule has 0 aliphatic carbocycles. The molecule has 178 valence electrons. The Balaban J connectivity index is 1.48. The lowest BCUT2D eigenvalue weighted by Crippen LogP contribution is -2.29. The Morgan fingerprint density at radius 3 is 2.66 bits per heavy atom. The minimum atomic E-state index is -0.464. The fourth-order valence-corrected chi connectivity index (χ4v) is 4.14. The number of aryl methyl sites for hydroxylation is 1. The van der Waals surface area contributed by atoms with Crippen molar-refractivity contribution in [2.45, 2.75) is 26.0 Å². The van der Waals surface area contributed by atoms with Gasteiger partial charge in [-0.25, -0.2) is 9.97 Å². The number of rotatable bonds is 6. The highest BCUT2D eigenvalue weighted by Gasteiger charge is 2.25. The minimum Gasteiger partial charge on any atom is -0.391 e. The Labute approximate surface area is 201 Å². The second-order valence-electron chi connectivity index (χ2n) is 8.34. The molecule has 1 amide bonds. The van der Waals surface area contributed by atoms with E-state index < -0.39 is 6.10 Å². The van der Waals surface area contributed by atoms with Crippen molar-refractivity contribution >= 4 is 39.8 Å². The summed E-state index contributed by atoms with van der Waals surface area (Å²) in [7, 11) is 0. The molecule has 0 radical (unpaired) electrons. The third-order valence-electron chi connectivity index (χ3n) is 5.96. The van der Waals surface area contributed by atoms with Gasteiger partial charge < -0.3 is 25.2 Å². The van der Waals surface area contributed by atoms with Gasteiger partial charge in [0.2, 0.25) is 0 Å². The smallest absolute Gasteiger partial charge is 0.262 e. The monoisotopic (exact) mass is 471 g/mol. The third kappa shape index (κ3) is 4.69. The molecule has 0 saturated carbocycles. The number of nitrogens with zero attached hydrogens (tertiary/aromatic N) is 5. The molecule has 1 aliphatic rings. The van der Waals surface area contributed by atoms with Crippen LogP contribution >= 0.6 is 0 Å². The highest BCUT2D eigenvalue weighted by Crippen LogP contribution is 2.27. The maximum absolute atomic E-state index is 13.1. The molecule has 4 aromatic rings. The van der Waals surface area contributed by atoms with Crippen molar-refractivity contribution in [1.82, 2.24) is 24.4 Å². The fraction of sp³-hybridized carbons (Fsp3) is 0.240. The van der Waals surface area contributed by atoms with Gasteiger partial charge in [-0.3, -0.25) is 14.6 Å². The highest BCUT2D eigenvalue weighted by atomic mass is 16.3. The number of amides is 1. The third-order valence-corrected chi connectivity index (χ3v) is 5.96. The maximum Gasteiger partial charge on any atom is 0.262 e. The molecule has 10 nitrogen and oxygen atoms in total. The van der Waals surface area contributed by atoms with Crippen molar-refractivity contribution < 1.29 is 9.90 Å². The Morgan fingerprint density at radius 2 is 1.97 bits per heavy atom. The normalized spacial score (nSPS) is 15.4. The molecular weight excluding hydrogens is 446 g/mol. The number of anilines is 4. The van der Waals surface area contributed by atoms with Crippen molar-refractivity contribution in [3.05, 3.63) is 77.1 Å². The van der Waals surface area contributed by atoms with Crippen molar-refractivity contribution in [3.8, 4) is 0 Å². The standard InChI is InChI=1S/C25H25N7O3/c1-2-31-11-7-17-13-20(29-21-14-26-9-10-27-21)30-23(22(17)25(31)35)28-18-5-3-16(4-6-18)24(34)32-12-8-19(33)15-32/h3-7,9-11,13-14,19,33H,2,8,12,15H2,1H3,(H2,27,28,29,30). The summed E-state index contributed by atoms with van der Waals surface area (Å²) in [5.74, 6) is 1.32. The average Bonchev–Trinajstić information content (AvgIpc) is 3.31. The molecule has 1 fully saturated rings. The molecule has 1 atom stereocenters. The first kappa shape index (κ1) is 22.5. The predicted octanol–water partition coefficient (Wildman–Crippen LogP) is 2.90. The second-order valence-corrected chi connectivity index (χ2v) is 8.34. The van der Waals surface area contributed by atoms with E-state index in [1.165, 1.54) is 0 Å². The number of aliphatic hydroxyl groups is 1. The quantitative estimate of drug-likeness (QED) is 0.392. The van der Waals surface area contributed by atoms with Crippen LogP contribution in [0.2, 0.25) is 0 Å². The largest absolute Gasteiger partial charge is 0.391 e. The summed E-state index contributed by atoms with van der Waals surface area (Å²) in [6, 6.07) is 10.7. The molecule has 1 unspecified atom stereocenters. The minimum absolute atomic E-state index is 0.113. The molecule has 10 heteroatoms. The van der Waals surface area contributed by atoms with Gasteiger partial charge in [-0.15, -0.1) is 0 Å². The zero-order chi connectivity index (χ0) is 24.4. The molecule has 1 aromatic carbocycles. The maximum atomic E-state index is 13.1. The number of fused-ring (bicyclic) bond motifs is 1. The molecule has 3 N–H and O–H groups in total. The number of carbonyl (C=O) groups is 1. The summed E-state index contributed by atoms with van der Waals surface area (Å²) in [4.78, 5) is 40.4. The first-order valence-electron chi connectivity index (χ1n) is 11.4. The van der Waals surface area contributed by atoms with E-state index in [0.717, 1.165) is 5.39 Å². The number of aromatic nitrogens is 4. The number of hydrogen-bond acceptors (Lipinski definition) is 8. The number of β-amino-alcohol motifs (C(OH)–C–C–N with tert-alkyl or cyclic N) is 1. The van der Waals surface area contributed by atoms with Gasteiger partial charge in [0.1, 0.15) is 17.5 Å². The summed E-state index contributed by atoms with van der Waals surface area (Å²) in [5, 5.41) is 17.3. The number of likely N-dealkylation sites (tertiary alicyclic amines) is 1. The second kappa shape index (κ2) is 9.51. The first-order valence-corrected chi connectivity index (χ1v) is 11.4. The van der Waals surface area contributed by atoms with E-state index in [-0.39, 0.29) is 11.5 Å². The van der Waals surface area contributed by atoms with Gasteiger partial charge in [0.15, 0.2) is 0 Å². The molecule has 35 heavy (non-hydrogen) atoms. The molecule has 1 saturated heterocycles.